The van der Waals surface area contributed by atoms with Crippen molar-refractivity contribution in [3.63, 3.8) is 0 Å². The predicted molar refractivity (Wildman–Crippen MR) is 220 cm³/mol. The van der Waals surface area contributed by atoms with Gasteiger partial charge in [0.2, 0.25) is 0 Å². The molecule has 0 saturated carbocycles. The fraction of sp³-hybridized carbons (Fsp3) is 0. The first-order chi connectivity index (χ1) is 25.8. The molecular formula is C50H33NO. The van der Waals surface area contributed by atoms with Crippen molar-refractivity contribution in [2.75, 3.05) is 4.90 Å². The molecule has 0 atom stereocenters. The van der Waals surface area contributed by atoms with E-state index in [1.165, 1.54) is 49.4 Å². The average Bonchev–Trinajstić information content (AvgIpc) is 3.61. The van der Waals surface area contributed by atoms with Crippen LogP contribution in [0, 0.1) is 0 Å². The molecule has 1 aromatic heterocycles. The number of para-hydroxylation sites is 1. The lowest BCUT2D eigenvalue weighted by atomic mass is 9.89. The van der Waals surface area contributed by atoms with Crippen molar-refractivity contribution in [2.45, 2.75) is 0 Å². The van der Waals surface area contributed by atoms with Gasteiger partial charge in [-0.15, -0.1) is 0 Å². The van der Waals surface area contributed by atoms with Crippen LogP contribution < -0.4 is 4.90 Å². The third-order valence-corrected chi connectivity index (χ3v) is 10.3. The number of hydrogen-bond acceptors (Lipinski definition) is 2. The number of nitrogens with zero attached hydrogens (tertiary/aromatic N) is 1. The van der Waals surface area contributed by atoms with Gasteiger partial charge in [-0.2, -0.15) is 0 Å². The van der Waals surface area contributed by atoms with Gasteiger partial charge in [0.05, 0.1) is 5.69 Å². The molecular weight excluding hydrogens is 631 g/mol. The smallest absolute Gasteiger partial charge is 0.136 e. The van der Waals surface area contributed by atoms with Gasteiger partial charge >= 0.3 is 0 Å². The van der Waals surface area contributed by atoms with Crippen LogP contribution in [-0.2, 0) is 0 Å². The zero-order chi connectivity index (χ0) is 34.4. The molecule has 0 radical (unpaired) electrons. The predicted octanol–water partition coefficient (Wildman–Crippen LogP) is 14.4. The minimum absolute atomic E-state index is 0.871. The number of benzene rings is 9. The van der Waals surface area contributed by atoms with Crippen LogP contribution in [0.2, 0.25) is 0 Å². The third kappa shape index (κ3) is 5.04. The molecule has 244 valence electrons. The van der Waals surface area contributed by atoms with Gasteiger partial charge < -0.3 is 9.32 Å². The molecule has 0 unspecified atom stereocenters. The second-order valence-electron chi connectivity index (χ2n) is 13.3. The van der Waals surface area contributed by atoms with Crippen LogP contribution in [0.1, 0.15) is 0 Å². The second-order valence-corrected chi connectivity index (χ2v) is 13.3. The summed E-state index contributed by atoms with van der Waals surface area (Å²) in [7, 11) is 0. The fourth-order valence-electron chi connectivity index (χ4n) is 7.82. The maximum atomic E-state index is 6.57. The highest BCUT2D eigenvalue weighted by molar-refractivity contribution is 6.22. The first-order valence-corrected chi connectivity index (χ1v) is 17.8. The summed E-state index contributed by atoms with van der Waals surface area (Å²) in [6.45, 7) is 0. The Morgan fingerprint density at radius 3 is 1.48 bits per heavy atom. The highest BCUT2D eigenvalue weighted by atomic mass is 16.3. The molecule has 0 aliphatic heterocycles. The monoisotopic (exact) mass is 663 g/mol. The molecule has 0 saturated heterocycles. The molecule has 10 aromatic rings. The van der Waals surface area contributed by atoms with Gasteiger partial charge in [0.1, 0.15) is 11.2 Å². The Balaban J connectivity index is 1.28. The third-order valence-electron chi connectivity index (χ3n) is 10.3. The van der Waals surface area contributed by atoms with Crippen LogP contribution in [0.5, 0.6) is 0 Å². The first kappa shape index (κ1) is 30.0. The topological polar surface area (TPSA) is 16.4 Å². The van der Waals surface area contributed by atoms with Crippen molar-refractivity contribution >= 4 is 60.5 Å². The number of anilines is 3. The van der Waals surface area contributed by atoms with Gasteiger partial charge in [0.25, 0.3) is 0 Å². The molecule has 0 spiro atoms. The first-order valence-electron chi connectivity index (χ1n) is 17.8. The lowest BCUT2D eigenvalue weighted by Gasteiger charge is -2.29. The minimum Gasteiger partial charge on any atom is -0.456 e. The molecule has 0 amide bonds. The molecule has 0 aliphatic carbocycles. The molecule has 0 fully saturated rings. The van der Waals surface area contributed by atoms with Crippen molar-refractivity contribution < 1.29 is 4.42 Å². The molecule has 0 aliphatic rings. The Labute approximate surface area is 302 Å². The standard InChI is InChI=1S/C50H33NO/c1-3-13-34(14-4-1)36-23-27-39(28-24-36)51(40-29-25-37(26-30-40)35-15-5-2-6-16-35)46-31-32-48-50(44-21-11-12-22-47(44)52-48)49(46)45-33-38-17-7-8-18-41(38)42-19-9-10-20-43(42)45/h1-33H. The Bertz CT molecular complexity index is 2790. The van der Waals surface area contributed by atoms with Crippen molar-refractivity contribution in [2.24, 2.45) is 0 Å². The quantitative estimate of drug-likeness (QED) is 0.165. The lowest BCUT2D eigenvalue weighted by molar-refractivity contribution is 0.669. The lowest BCUT2D eigenvalue weighted by Crippen LogP contribution is -2.11. The van der Waals surface area contributed by atoms with E-state index in [2.05, 4.69) is 199 Å². The van der Waals surface area contributed by atoms with Crippen molar-refractivity contribution in [3.8, 4) is 33.4 Å². The van der Waals surface area contributed by atoms with E-state index in [0.717, 1.165) is 44.6 Å². The highest BCUT2D eigenvalue weighted by Gasteiger charge is 2.24. The zero-order valence-corrected chi connectivity index (χ0v) is 28.4. The van der Waals surface area contributed by atoms with Crippen molar-refractivity contribution in [1.82, 2.24) is 0 Å². The SMILES string of the molecule is c1ccc(-c2ccc(N(c3ccc(-c4ccccc4)cc3)c3ccc4oc5ccccc5c4c3-c3cc4ccccc4c4ccccc34)cc2)cc1. The Kier molecular flexibility index (Phi) is 7.18. The van der Waals surface area contributed by atoms with Gasteiger partial charge in [-0.3, -0.25) is 0 Å². The van der Waals surface area contributed by atoms with Gasteiger partial charge in [0.15, 0.2) is 0 Å². The van der Waals surface area contributed by atoms with Crippen molar-refractivity contribution in [1.29, 1.82) is 0 Å². The van der Waals surface area contributed by atoms with E-state index in [1.807, 2.05) is 6.07 Å². The molecule has 52 heavy (non-hydrogen) atoms. The van der Waals surface area contributed by atoms with E-state index < -0.39 is 0 Å². The van der Waals surface area contributed by atoms with E-state index >= 15 is 0 Å². The fourth-order valence-corrected chi connectivity index (χ4v) is 7.82. The maximum absolute atomic E-state index is 6.57. The molecule has 0 N–H and O–H groups in total. The largest absolute Gasteiger partial charge is 0.456 e. The summed E-state index contributed by atoms with van der Waals surface area (Å²) in [5, 5.41) is 7.11. The average molecular weight is 664 g/mol. The van der Waals surface area contributed by atoms with E-state index in [9.17, 15) is 0 Å². The summed E-state index contributed by atoms with van der Waals surface area (Å²) < 4.78 is 6.57. The molecule has 2 heteroatoms. The zero-order valence-electron chi connectivity index (χ0n) is 28.4. The molecule has 9 aromatic carbocycles. The van der Waals surface area contributed by atoms with Gasteiger partial charge in [-0.05, 0) is 97.9 Å². The van der Waals surface area contributed by atoms with Gasteiger partial charge in [-0.25, -0.2) is 0 Å². The van der Waals surface area contributed by atoms with Crippen LogP contribution in [0.15, 0.2) is 205 Å². The molecule has 1 heterocycles. The van der Waals surface area contributed by atoms with Gasteiger partial charge in [0, 0.05) is 27.7 Å². The van der Waals surface area contributed by atoms with Crippen LogP contribution in [0.25, 0.3) is 76.9 Å². The number of furan rings is 1. The molecule has 10 rings (SSSR count). The number of hydrogen-bond donors (Lipinski definition) is 0. The van der Waals surface area contributed by atoms with Crippen LogP contribution in [-0.4, -0.2) is 0 Å². The molecule has 0 bridgehead atoms. The van der Waals surface area contributed by atoms with E-state index in [0.29, 0.717) is 0 Å². The minimum atomic E-state index is 0.871. The summed E-state index contributed by atoms with van der Waals surface area (Å²) in [4.78, 5) is 2.41. The Morgan fingerprint density at radius 2 is 0.846 bits per heavy atom. The van der Waals surface area contributed by atoms with E-state index in [1.54, 1.807) is 0 Å². The normalized spacial score (nSPS) is 11.5. The van der Waals surface area contributed by atoms with Crippen molar-refractivity contribution in [3.05, 3.63) is 200 Å². The van der Waals surface area contributed by atoms with Gasteiger partial charge in [-0.1, -0.05) is 152 Å². The van der Waals surface area contributed by atoms with Crippen LogP contribution in [0.4, 0.5) is 17.1 Å². The maximum Gasteiger partial charge on any atom is 0.136 e. The number of rotatable bonds is 6. The highest BCUT2D eigenvalue weighted by Crippen LogP contribution is 2.49. The summed E-state index contributed by atoms with van der Waals surface area (Å²) in [6, 6.07) is 71.7. The van der Waals surface area contributed by atoms with E-state index in [-0.39, 0.29) is 0 Å². The number of fused-ring (bicyclic) bond motifs is 6. The molecule has 2 nitrogen and oxygen atoms in total. The summed E-state index contributed by atoms with van der Waals surface area (Å²) in [5.41, 5.74) is 12.1. The Hall–Kier alpha value is -6.90. The summed E-state index contributed by atoms with van der Waals surface area (Å²) in [5.74, 6) is 0. The van der Waals surface area contributed by atoms with Crippen LogP contribution in [0.3, 0.4) is 0 Å². The summed E-state index contributed by atoms with van der Waals surface area (Å²) >= 11 is 0. The van der Waals surface area contributed by atoms with Crippen LogP contribution >= 0.6 is 0 Å². The van der Waals surface area contributed by atoms with E-state index in [4.69, 9.17) is 4.42 Å². The Morgan fingerprint density at radius 1 is 0.346 bits per heavy atom. The second kappa shape index (κ2) is 12.5. The summed E-state index contributed by atoms with van der Waals surface area (Å²) in [6.07, 6.45) is 0.